The number of alkyl halides is 3. The van der Waals surface area contributed by atoms with Crippen LogP contribution in [0.1, 0.15) is 34.0 Å². The van der Waals surface area contributed by atoms with Gasteiger partial charge in [-0.05, 0) is 41.8 Å². The van der Waals surface area contributed by atoms with E-state index in [-0.39, 0.29) is 5.56 Å². The van der Waals surface area contributed by atoms with Crippen LogP contribution in [0.5, 0.6) is 0 Å². The Morgan fingerprint density at radius 3 is 2.44 bits per heavy atom. The molecule has 0 aliphatic carbocycles. The molecular weight excluding hydrogens is 353 g/mol. The number of hydrogen-bond acceptors (Lipinski definition) is 2. The molecule has 0 aliphatic heterocycles. The van der Waals surface area contributed by atoms with Crippen LogP contribution in [-0.4, -0.2) is 9.55 Å². The topological polar surface area (TPSA) is 34.9 Å². The molecule has 2 aromatic heterocycles. The Bertz CT molecular complexity index is 1020. The molecule has 0 bridgehead atoms. The maximum Gasteiger partial charge on any atom is 0.416 e. The molecule has 0 saturated carbocycles. The minimum Gasteiger partial charge on any atom is -0.302 e. The maximum atomic E-state index is 12.9. The van der Waals surface area contributed by atoms with Gasteiger partial charge in [-0.25, -0.2) is 0 Å². The zero-order valence-electron chi connectivity index (χ0n) is 14.6. The molecule has 0 amide bonds. The number of aromatic nitrogens is 2. The first-order valence-corrected chi connectivity index (χ1v) is 8.24. The zero-order valence-corrected chi connectivity index (χ0v) is 14.6. The summed E-state index contributed by atoms with van der Waals surface area (Å²) in [5.74, 6) is 0. The Kier molecular flexibility index (Phi) is 4.99. The normalized spacial score (nSPS) is 12.6. The summed E-state index contributed by atoms with van der Waals surface area (Å²) in [7, 11) is 0. The summed E-state index contributed by atoms with van der Waals surface area (Å²) in [4.78, 5) is 16.9. The Morgan fingerprint density at radius 1 is 1.11 bits per heavy atom. The molecule has 3 nitrogen and oxygen atoms in total. The van der Waals surface area contributed by atoms with Crippen LogP contribution in [0.2, 0.25) is 0 Å². The average molecular weight is 370 g/mol. The third-order valence-electron chi connectivity index (χ3n) is 4.27. The summed E-state index contributed by atoms with van der Waals surface area (Å²) in [6.45, 7) is 5.61. The highest BCUT2D eigenvalue weighted by Crippen LogP contribution is 2.32. The number of rotatable bonds is 4. The van der Waals surface area contributed by atoms with E-state index in [0.717, 1.165) is 17.7 Å². The van der Waals surface area contributed by atoms with Crippen molar-refractivity contribution in [1.82, 2.24) is 9.55 Å². The van der Waals surface area contributed by atoms with Gasteiger partial charge >= 0.3 is 6.18 Å². The van der Waals surface area contributed by atoms with Crippen molar-refractivity contribution < 1.29 is 13.2 Å². The van der Waals surface area contributed by atoms with Crippen LogP contribution in [0.4, 0.5) is 13.2 Å². The SMILES string of the molecule is C=Cc1cccnc1C(c1ccc(C(F)(F)F)cc1)n1cc(C)ccc1=O. The minimum atomic E-state index is -4.43. The summed E-state index contributed by atoms with van der Waals surface area (Å²) < 4.78 is 40.2. The van der Waals surface area contributed by atoms with Crippen LogP contribution in [0, 0.1) is 6.92 Å². The average Bonchev–Trinajstić information content (AvgIpc) is 2.65. The monoisotopic (exact) mass is 370 g/mol. The number of benzene rings is 1. The molecule has 0 radical (unpaired) electrons. The van der Waals surface area contributed by atoms with Gasteiger partial charge in [0.2, 0.25) is 0 Å². The minimum absolute atomic E-state index is 0.272. The molecule has 0 spiro atoms. The number of pyridine rings is 2. The van der Waals surface area contributed by atoms with Gasteiger partial charge in [0.05, 0.1) is 11.3 Å². The second-order valence-electron chi connectivity index (χ2n) is 6.16. The fraction of sp³-hybridized carbons (Fsp3) is 0.143. The lowest BCUT2D eigenvalue weighted by Gasteiger charge is -2.22. The molecule has 3 aromatic rings. The molecule has 2 heterocycles. The van der Waals surface area contributed by atoms with E-state index in [4.69, 9.17) is 0 Å². The fourth-order valence-electron chi connectivity index (χ4n) is 2.95. The van der Waals surface area contributed by atoms with E-state index in [2.05, 4.69) is 11.6 Å². The molecular formula is C21H17F3N2O. The smallest absolute Gasteiger partial charge is 0.302 e. The summed E-state index contributed by atoms with van der Waals surface area (Å²) in [6, 6.07) is 10.8. The van der Waals surface area contributed by atoms with Crippen molar-refractivity contribution in [3.63, 3.8) is 0 Å². The first-order valence-electron chi connectivity index (χ1n) is 8.24. The van der Waals surface area contributed by atoms with Gasteiger partial charge < -0.3 is 4.57 Å². The van der Waals surface area contributed by atoms with Crippen LogP contribution in [0.15, 0.2) is 72.3 Å². The van der Waals surface area contributed by atoms with Gasteiger partial charge in [-0.1, -0.05) is 36.9 Å². The summed E-state index contributed by atoms with van der Waals surface area (Å²) in [6.07, 6.45) is 0.443. The lowest BCUT2D eigenvalue weighted by Crippen LogP contribution is -2.26. The van der Waals surface area contributed by atoms with Gasteiger partial charge in [0.25, 0.3) is 5.56 Å². The molecule has 3 rings (SSSR count). The van der Waals surface area contributed by atoms with Crippen LogP contribution in [-0.2, 0) is 6.18 Å². The van der Waals surface area contributed by atoms with Gasteiger partial charge in [0.15, 0.2) is 0 Å². The van der Waals surface area contributed by atoms with Crippen molar-refractivity contribution >= 4 is 6.08 Å². The van der Waals surface area contributed by atoms with E-state index in [1.165, 1.54) is 22.8 Å². The molecule has 6 heteroatoms. The van der Waals surface area contributed by atoms with Gasteiger partial charge in [-0.2, -0.15) is 13.2 Å². The molecule has 0 aliphatic rings. The predicted molar refractivity (Wildman–Crippen MR) is 98.5 cm³/mol. The first kappa shape index (κ1) is 18.6. The summed E-state index contributed by atoms with van der Waals surface area (Å²) in [5, 5.41) is 0. The fourth-order valence-corrected chi connectivity index (χ4v) is 2.95. The molecule has 1 atom stereocenters. The van der Waals surface area contributed by atoms with E-state index in [9.17, 15) is 18.0 Å². The van der Waals surface area contributed by atoms with Crippen LogP contribution in [0.25, 0.3) is 6.08 Å². The quantitative estimate of drug-likeness (QED) is 0.658. The van der Waals surface area contributed by atoms with Crippen LogP contribution in [0.3, 0.4) is 0 Å². The largest absolute Gasteiger partial charge is 0.416 e. The number of hydrogen-bond donors (Lipinski definition) is 0. The first-order chi connectivity index (χ1) is 12.8. The van der Waals surface area contributed by atoms with Crippen LogP contribution >= 0.6 is 0 Å². The molecule has 27 heavy (non-hydrogen) atoms. The molecule has 138 valence electrons. The standard InChI is InChI=1S/C21H17F3N2O/c1-3-15-5-4-12-25-19(15)20(26-13-14(2)6-11-18(26)27)16-7-9-17(10-8-16)21(22,23)24/h3-13,20H,1H2,2H3. The molecule has 1 unspecified atom stereocenters. The van der Waals surface area contributed by atoms with Crippen molar-refractivity contribution in [3.8, 4) is 0 Å². The molecule has 1 aromatic carbocycles. The third-order valence-corrected chi connectivity index (χ3v) is 4.27. The van der Waals surface area contributed by atoms with Gasteiger partial charge in [-0.3, -0.25) is 9.78 Å². The van der Waals surface area contributed by atoms with Gasteiger partial charge in [-0.15, -0.1) is 0 Å². The lowest BCUT2D eigenvalue weighted by molar-refractivity contribution is -0.137. The second kappa shape index (κ2) is 7.23. The Labute approximate surface area is 154 Å². The van der Waals surface area contributed by atoms with E-state index in [0.29, 0.717) is 16.8 Å². The lowest BCUT2D eigenvalue weighted by atomic mass is 9.97. The zero-order chi connectivity index (χ0) is 19.6. The highest BCUT2D eigenvalue weighted by molar-refractivity contribution is 5.52. The van der Waals surface area contributed by atoms with E-state index >= 15 is 0 Å². The summed E-state index contributed by atoms with van der Waals surface area (Å²) in [5.41, 5.74) is 1.61. The van der Waals surface area contributed by atoms with Crippen molar-refractivity contribution in [2.45, 2.75) is 19.1 Å². The Hall–Kier alpha value is -3.15. The van der Waals surface area contributed by atoms with Crippen molar-refractivity contribution in [2.24, 2.45) is 0 Å². The van der Waals surface area contributed by atoms with Crippen molar-refractivity contribution in [3.05, 3.63) is 106 Å². The van der Waals surface area contributed by atoms with E-state index in [1.807, 2.05) is 6.92 Å². The number of nitrogens with zero attached hydrogens (tertiary/aromatic N) is 2. The highest BCUT2D eigenvalue weighted by atomic mass is 19.4. The van der Waals surface area contributed by atoms with Crippen LogP contribution < -0.4 is 5.56 Å². The van der Waals surface area contributed by atoms with E-state index < -0.39 is 17.8 Å². The van der Waals surface area contributed by atoms with Crippen molar-refractivity contribution in [1.29, 1.82) is 0 Å². The van der Waals surface area contributed by atoms with Gasteiger partial charge in [0, 0.05) is 18.5 Å². The Morgan fingerprint density at radius 2 is 1.81 bits per heavy atom. The number of aryl methyl sites for hydroxylation is 1. The molecule has 0 N–H and O–H groups in total. The molecule has 0 fully saturated rings. The predicted octanol–water partition coefficient (Wildman–Crippen LogP) is 4.85. The third kappa shape index (κ3) is 3.84. The Balaban J connectivity index is 2.23. The highest BCUT2D eigenvalue weighted by Gasteiger charge is 2.31. The molecule has 0 saturated heterocycles. The van der Waals surface area contributed by atoms with Gasteiger partial charge in [0.1, 0.15) is 6.04 Å². The second-order valence-corrected chi connectivity index (χ2v) is 6.16. The van der Waals surface area contributed by atoms with E-state index in [1.54, 1.807) is 36.7 Å². The summed E-state index contributed by atoms with van der Waals surface area (Å²) >= 11 is 0. The number of halogens is 3. The maximum absolute atomic E-state index is 12.9. The van der Waals surface area contributed by atoms with Crippen molar-refractivity contribution in [2.75, 3.05) is 0 Å².